The van der Waals surface area contributed by atoms with Crippen LogP contribution < -0.4 is 10.2 Å². The highest BCUT2D eigenvalue weighted by molar-refractivity contribution is 5.92. The number of amides is 1. The molecule has 1 amide bonds. The molecule has 1 aliphatic heterocycles. The lowest BCUT2D eigenvalue weighted by Gasteiger charge is -2.35. The third kappa shape index (κ3) is 5.09. The monoisotopic (exact) mass is 356 g/mol. The summed E-state index contributed by atoms with van der Waals surface area (Å²) in [5.74, 6) is 0.830. The Morgan fingerprint density at radius 1 is 1.15 bits per heavy atom. The standard InChI is InChI=1S/C20H28N4O2/c1-3-23-10-12-24(13-11-23)18-8-6-17(7-9-18)21-20(25)16-22(2)15-19-5-4-14-26-19/h4-9,14H,3,10-13,15-16H2,1-2H3,(H,21,25). The van der Waals surface area contributed by atoms with Crippen molar-refractivity contribution < 1.29 is 9.21 Å². The number of benzene rings is 1. The highest BCUT2D eigenvalue weighted by atomic mass is 16.3. The van der Waals surface area contributed by atoms with E-state index in [4.69, 9.17) is 4.42 Å². The maximum Gasteiger partial charge on any atom is 0.238 e. The molecule has 3 rings (SSSR count). The molecule has 2 heterocycles. The SMILES string of the molecule is CCN1CCN(c2ccc(NC(=O)CN(C)Cc3ccco3)cc2)CC1. The Hall–Kier alpha value is -2.31. The number of hydrogen-bond acceptors (Lipinski definition) is 5. The van der Waals surface area contributed by atoms with Gasteiger partial charge in [-0.15, -0.1) is 0 Å². The van der Waals surface area contributed by atoms with Gasteiger partial charge in [-0.05, 0) is 50.0 Å². The van der Waals surface area contributed by atoms with E-state index in [-0.39, 0.29) is 5.91 Å². The zero-order valence-corrected chi connectivity index (χ0v) is 15.6. The molecule has 1 N–H and O–H groups in total. The molecule has 0 spiro atoms. The first-order chi connectivity index (χ1) is 12.6. The minimum atomic E-state index is -0.0247. The summed E-state index contributed by atoms with van der Waals surface area (Å²) in [4.78, 5) is 19.0. The highest BCUT2D eigenvalue weighted by Gasteiger charge is 2.16. The molecule has 0 unspecified atom stereocenters. The Morgan fingerprint density at radius 3 is 2.50 bits per heavy atom. The molecule has 140 valence electrons. The molecule has 1 fully saturated rings. The second kappa shape index (κ2) is 8.87. The summed E-state index contributed by atoms with van der Waals surface area (Å²) in [6, 6.07) is 11.9. The molecule has 26 heavy (non-hydrogen) atoms. The molecule has 1 aromatic heterocycles. The average Bonchev–Trinajstić information content (AvgIpc) is 3.15. The second-order valence-electron chi connectivity index (χ2n) is 6.77. The maximum absolute atomic E-state index is 12.2. The lowest BCUT2D eigenvalue weighted by atomic mass is 10.2. The van der Waals surface area contributed by atoms with Crippen LogP contribution in [0.5, 0.6) is 0 Å². The van der Waals surface area contributed by atoms with Crippen LogP contribution in [0.4, 0.5) is 11.4 Å². The van der Waals surface area contributed by atoms with Crippen LogP contribution in [0, 0.1) is 0 Å². The van der Waals surface area contributed by atoms with Crippen molar-refractivity contribution in [1.82, 2.24) is 9.80 Å². The van der Waals surface area contributed by atoms with E-state index in [9.17, 15) is 4.79 Å². The van der Waals surface area contributed by atoms with Gasteiger partial charge in [0.2, 0.25) is 5.91 Å². The van der Waals surface area contributed by atoms with Crippen LogP contribution in [-0.4, -0.2) is 62.0 Å². The van der Waals surface area contributed by atoms with Gasteiger partial charge in [-0.25, -0.2) is 0 Å². The molecule has 1 aromatic carbocycles. The lowest BCUT2D eigenvalue weighted by Crippen LogP contribution is -2.46. The molecule has 1 saturated heterocycles. The summed E-state index contributed by atoms with van der Waals surface area (Å²) in [6.45, 7) is 8.58. The fourth-order valence-electron chi connectivity index (χ4n) is 3.25. The number of piperazine rings is 1. The molecular formula is C20H28N4O2. The van der Waals surface area contributed by atoms with Crippen LogP contribution in [0.1, 0.15) is 12.7 Å². The fourth-order valence-corrected chi connectivity index (χ4v) is 3.25. The van der Waals surface area contributed by atoms with E-state index in [1.807, 2.05) is 36.2 Å². The molecule has 6 nitrogen and oxygen atoms in total. The van der Waals surface area contributed by atoms with Gasteiger partial charge in [0.25, 0.3) is 0 Å². The quantitative estimate of drug-likeness (QED) is 0.826. The Kier molecular flexibility index (Phi) is 6.30. The molecule has 1 aliphatic rings. The molecule has 0 bridgehead atoms. The third-order valence-electron chi connectivity index (χ3n) is 4.76. The van der Waals surface area contributed by atoms with Crippen molar-refractivity contribution >= 4 is 17.3 Å². The molecule has 2 aromatic rings. The van der Waals surface area contributed by atoms with E-state index in [1.165, 1.54) is 5.69 Å². The van der Waals surface area contributed by atoms with Gasteiger partial charge in [0.05, 0.1) is 19.4 Å². The fraction of sp³-hybridized carbons (Fsp3) is 0.450. The molecule has 0 radical (unpaired) electrons. The summed E-state index contributed by atoms with van der Waals surface area (Å²) in [6.07, 6.45) is 1.65. The highest BCUT2D eigenvalue weighted by Crippen LogP contribution is 2.19. The van der Waals surface area contributed by atoms with Crippen molar-refractivity contribution in [3.05, 3.63) is 48.4 Å². The second-order valence-corrected chi connectivity index (χ2v) is 6.77. The number of anilines is 2. The Bertz CT molecular complexity index is 676. The van der Waals surface area contributed by atoms with E-state index in [2.05, 4.69) is 34.2 Å². The Balaban J connectivity index is 1.47. The number of nitrogens with one attached hydrogen (secondary N) is 1. The minimum absolute atomic E-state index is 0.0247. The van der Waals surface area contributed by atoms with Crippen LogP contribution in [0.3, 0.4) is 0 Å². The molecule has 0 atom stereocenters. The van der Waals surface area contributed by atoms with Gasteiger partial charge in [0, 0.05) is 37.6 Å². The first kappa shape index (κ1) is 18.5. The molecule has 0 saturated carbocycles. The van der Waals surface area contributed by atoms with Gasteiger partial charge < -0.3 is 19.5 Å². The van der Waals surface area contributed by atoms with Crippen LogP contribution in [0.25, 0.3) is 0 Å². The van der Waals surface area contributed by atoms with Gasteiger partial charge >= 0.3 is 0 Å². The minimum Gasteiger partial charge on any atom is -0.468 e. The van der Waals surface area contributed by atoms with E-state index < -0.39 is 0 Å². The number of furan rings is 1. The van der Waals surface area contributed by atoms with Crippen LogP contribution in [0.15, 0.2) is 47.1 Å². The van der Waals surface area contributed by atoms with E-state index >= 15 is 0 Å². The number of rotatable bonds is 7. The zero-order valence-electron chi connectivity index (χ0n) is 15.6. The maximum atomic E-state index is 12.2. The van der Waals surface area contributed by atoms with Crippen molar-refractivity contribution in [2.24, 2.45) is 0 Å². The normalized spacial score (nSPS) is 15.4. The number of carbonyl (C=O) groups is 1. The molecular weight excluding hydrogens is 328 g/mol. The topological polar surface area (TPSA) is 52.0 Å². The predicted octanol–water partition coefficient (Wildman–Crippen LogP) is 2.49. The Morgan fingerprint density at radius 2 is 1.88 bits per heavy atom. The molecule has 0 aliphatic carbocycles. The first-order valence-electron chi connectivity index (χ1n) is 9.22. The van der Waals surface area contributed by atoms with E-state index in [1.54, 1.807) is 6.26 Å². The summed E-state index contributed by atoms with van der Waals surface area (Å²) in [7, 11) is 1.90. The van der Waals surface area contributed by atoms with Crippen LogP contribution >= 0.6 is 0 Å². The van der Waals surface area contributed by atoms with Gasteiger partial charge in [0.15, 0.2) is 0 Å². The van der Waals surface area contributed by atoms with E-state index in [0.29, 0.717) is 13.1 Å². The first-order valence-corrected chi connectivity index (χ1v) is 9.22. The summed E-state index contributed by atoms with van der Waals surface area (Å²) in [5, 5.41) is 2.96. The van der Waals surface area contributed by atoms with Crippen molar-refractivity contribution in [3.8, 4) is 0 Å². The third-order valence-corrected chi connectivity index (χ3v) is 4.76. The van der Waals surface area contributed by atoms with Crippen molar-refractivity contribution in [2.45, 2.75) is 13.5 Å². The van der Waals surface area contributed by atoms with Gasteiger partial charge in [-0.1, -0.05) is 6.92 Å². The van der Waals surface area contributed by atoms with Crippen molar-refractivity contribution in [1.29, 1.82) is 0 Å². The van der Waals surface area contributed by atoms with Gasteiger partial charge in [0.1, 0.15) is 5.76 Å². The lowest BCUT2D eigenvalue weighted by molar-refractivity contribution is -0.117. The smallest absolute Gasteiger partial charge is 0.238 e. The van der Waals surface area contributed by atoms with Crippen molar-refractivity contribution in [2.75, 3.05) is 56.5 Å². The van der Waals surface area contributed by atoms with E-state index in [0.717, 1.165) is 44.2 Å². The van der Waals surface area contributed by atoms with Crippen LogP contribution in [0.2, 0.25) is 0 Å². The largest absolute Gasteiger partial charge is 0.468 e. The predicted molar refractivity (Wildman–Crippen MR) is 104 cm³/mol. The summed E-state index contributed by atoms with van der Waals surface area (Å²) >= 11 is 0. The van der Waals surface area contributed by atoms with Gasteiger partial charge in [-0.2, -0.15) is 0 Å². The average molecular weight is 356 g/mol. The number of likely N-dealkylation sites (N-methyl/N-ethyl adjacent to an activating group) is 2. The van der Waals surface area contributed by atoms with Crippen molar-refractivity contribution in [3.63, 3.8) is 0 Å². The van der Waals surface area contributed by atoms with Gasteiger partial charge in [-0.3, -0.25) is 9.69 Å². The number of nitrogens with zero attached hydrogens (tertiary/aromatic N) is 3. The number of hydrogen-bond donors (Lipinski definition) is 1. The van der Waals surface area contributed by atoms with Crippen LogP contribution in [-0.2, 0) is 11.3 Å². The Labute approximate surface area is 155 Å². The summed E-state index contributed by atoms with van der Waals surface area (Å²) < 4.78 is 5.31. The zero-order chi connectivity index (χ0) is 18.4. The molecule has 6 heteroatoms. The summed E-state index contributed by atoms with van der Waals surface area (Å²) in [5.41, 5.74) is 2.05. The number of carbonyl (C=O) groups excluding carboxylic acids is 1.